The van der Waals surface area contributed by atoms with E-state index in [9.17, 15) is 9.90 Å². The Morgan fingerprint density at radius 2 is 2.28 bits per heavy atom. The molecule has 0 aliphatic rings. The summed E-state index contributed by atoms with van der Waals surface area (Å²) in [5, 5.41) is 12.2. The van der Waals surface area contributed by atoms with Crippen molar-refractivity contribution < 1.29 is 9.90 Å². The Morgan fingerprint density at radius 3 is 2.78 bits per heavy atom. The SMILES string of the molecule is CCCNC(=O)CN(C)c1ccc(C(C)O)cn1. The fourth-order valence-electron chi connectivity index (χ4n) is 1.49. The highest BCUT2D eigenvalue weighted by Crippen LogP contribution is 2.14. The Labute approximate surface area is 108 Å². The van der Waals surface area contributed by atoms with Crippen molar-refractivity contribution in [1.82, 2.24) is 10.3 Å². The molecule has 1 amide bonds. The third-order valence-corrected chi connectivity index (χ3v) is 2.60. The fraction of sp³-hybridized carbons (Fsp3) is 0.538. The molecule has 0 saturated heterocycles. The van der Waals surface area contributed by atoms with Gasteiger partial charge in [-0.1, -0.05) is 13.0 Å². The van der Waals surface area contributed by atoms with E-state index in [4.69, 9.17) is 0 Å². The minimum absolute atomic E-state index is 0.0132. The first-order valence-electron chi connectivity index (χ1n) is 6.16. The van der Waals surface area contributed by atoms with Gasteiger partial charge in [0.05, 0.1) is 12.6 Å². The third-order valence-electron chi connectivity index (χ3n) is 2.60. The van der Waals surface area contributed by atoms with Crippen LogP contribution in [0, 0.1) is 0 Å². The van der Waals surface area contributed by atoms with Gasteiger partial charge in [-0.3, -0.25) is 4.79 Å². The molecule has 5 nitrogen and oxygen atoms in total. The number of likely N-dealkylation sites (N-methyl/N-ethyl adjacent to an activating group) is 1. The van der Waals surface area contributed by atoms with E-state index in [1.54, 1.807) is 24.1 Å². The van der Waals surface area contributed by atoms with Crippen LogP contribution in [0.3, 0.4) is 0 Å². The van der Waals surface area contributed by atoms with Crippen molar-refractivity contribution >= 4 is 11.7 Å². The normalized spacial score (nSPS) is 12.0. The summed E-state index contributed by atoms with van der Waals surface area (Å²) < 4.78 is 0. The lowest BCUT2D eigenvalue weighted by molar-refractivity contribution is -0.119. The predicted molar refractivity (Wildman–Crippen MR) is 71.4 cm³/mol. The molecular weight excluding hydrogens is 230 g/mol. The van der Waals surface area contributed by atoms with E-state index >= 15 is 0 Å². The summed E-state index contributed by atoms with van der Waals surface area (Å²) in [6, 6.07) is 3.61. The van der Waals surface area contributed by atoms with E-state index in [0.29, 0.717) is 12.4 Å². The van der Waals surface area contributed by atoms with E-state index in [2.05, 4.69) is 10.3 Å². The van der Waals surface area contributed by atoms with Crippen molar-refractivity contribution in [3.05, 3.63) is 23.9 Å². The second-order valence-electron chi connectivity index (χ2n) is 4.33. The Morgan fingerprint density at radius 1 is 1.56 bits per heavy atom. The van der Waals surface area contributed by atoms with E-state index in [1.807, 2.05) is 20.0 Å². The lowest BCUT2D eigenvalue weighted by atomic mass is 10.2. The van der Waals surface area contributed by atoms with E-state index in [-0.39, 0.29) is 12.5 Å². The molecule has 0 radical (unpaired) electrons. The number of aliphatic hydroxyl groups excluding tert-OH is 1. The van der Waals surface area contributed by atoms with Crippen LogP contribution in [0.2, 0.25) is 0 Å². The average molecular weight is 251 g/mol. The maximum absolute atomic E-state index is 11.5. The first-order valence-corrected chi connectivity index (χ1v) is 6.16. The molecule has 1 unspecified atom stereocenters. The molecule has 1 aromatic rings. The highest BCUT2D eigenvalue weighted by atomic mass is 16.3. The van der Waals surface area contributed by atoms with Crippen LogP contribution in [0.25, 0.3) is 0 Å². The standard InChI is InChI=1S/C13H21N3O2/c1-4-7-14-13(18)9-16(3)12-6-5-11(8-15-12)10(2)17/h5-6,8,10,17H,4,7,9H2,1-3H3,(H,14,18). The van der Waals surface area contributed by atoms with Crippen molar-refractivity contribution in [3.8, 4) is 0 Å². The highest BCUT2D eigenvalue weighted by molar-refractivity contribution is 5.80. The summed E-state index contributed by atoms with van der Waals surface area (Å²) in [6.45, 7) is 4.68. The minimum atomic E-state index is -0.523. The zero-order valence-corrected chi connectivity index (χ0v) is 11.2. The molecule has 1 aromatic heterocycles. The maximum Gasteiger partial charge on any atom is 0.239 e. The van der Waals surface area contributed by atoms with E-state index < -0.39 is 6.10 Å². The lowest BCUT2D eigenvalue weighted by Gasteiger charge is -2.18. The Bertz CT molecular complexity index is 376. The van der Waals surface area contributed by atoms with Crippen LogP contribution >= 0.6 is 0 Å². The zero-order chi connectivity index (χ0) is 13.5. The highest BCUT2D eigenvalue weighted by Gasteiger charge is 2.08. The number of carbonyl (C=O) groups excluding carboxylic acids is 1. The second-order valence-corrected chi connectivity index (χ2v) is 4.33. The number of rotatable bonds is 6. The lowest BCUT2D eigenvalue weighted by Crippen LogP contribution is -2.35. The molecule has 0 aliphatic carbocycles. The number of nitrogens with zero attached hydrogens (tertiary/aromatic N) is 2. The molecule has 0 aromatic carbocycles. The zero-order valence-electron chi connectivity index (χ0n) is 11.2. The monoisotopic (exact) mass is 251 g/mol. The first kappa shape index (κ1) is 14.4. The van der Waals surface area contributed by atoms with Crippen molar-refractivity contribution in [3.63, 3.8) is 0 Å². The Kier molecular flexibility index (Phi) is 5.58. The molecule has 0 aliphatic heterocycles. The molecule has 18 heavy (non-hydrogen) atoms. The smallest absolute Gasteiger partial charge is 0.239 e. The molecule has 0 spiro atoms. The van der Waals surface area contributed by atoms with Gasteiger partial charge in [-0.2, -0.15) is 0 Å². The first-order chi connectivity index (χ1) is 8.54. The number of carbonyl (C=O) groups is 1. The number of aliphatic hydroxyl groups is 1. The van der Waals surface area contributed by atoms with Crippen LogP contribution in [-0.4, -0.2) is 36.1 Å². The second kappa shape index (κ2) is 6.96. The summed E-state index contributed by atoms with van der Waals surface area (Å²) in [4.78, 5) is 17.5. The Balaban J connectivity index is 2.56. The molecule has 2 N–H and O–H groups in total. The number of pyridine rings is 1. The quantitative estimate of drug-likeness (QED) is 0.794. The number of anilines is 1. The molecule has 100 valence electrons. The fourth-order valence-corrected chi connectivity index (χ4v) is 1.49. The number of nitrogens with one attached hydrogen (secondary N) is 1. The third kappa shape index (κ3) is 4.33. The topological polar surface area (TPSA) is 65.5 Å². The molecule has 1 heterocycles. The van der Waals surface area contributed by atoms with Gasteiger partial charge in [0.2, 0.25) is 5.91 Å². The minimum Gasteiger partial charge on any atom is -0.389 e. The molecule has 1 rings (SSSR count). The Hall–Kier alpha value is -1.62. The number of aromatic nitrogens is 1. The van der Waals surface area contributed by atoms with Crippen LogP contribution < -0.4 is 10.2 Å². The number of amides is 1. The van der Waals surface area contributed by atoms with Crippen LogP contribution in [0.4, 0.5) is 5.82 Å². The summed E-state index contributed by atoms with van der Waals surface area (Å²) in [6.07, 6.45) is 2.03. The van der Waals surface area contributed by atoms with E-state index in [0.717, 1.165) is 12.0 Å². The molecule has 0 saturated carbocycles. The van der Waals surface area contributed by atoms with Crippen LogP contribution in [0.1, 0.15) is 31.9 Å². The van der Waals surface area contributed by atoms with Gasteiger partial charge in [0, 0.05) is 19.8 Å². The van der Waals surface area contributed by atoms with E-state index in [1.165, 1.54) is 0 Å². The van der Waals surface area contributed by atoms with Gasteiger partial charge in [0.1, 0.15) is 5.82 Å². The molecule has 5 heteroatoms. The van der Waals surface area contributed by atoms with Gasteiger partial charge in [-0.15, -0.1) is 0 Å². The van der Waals surface area contributed by atoms with Gasteiger partial charge in [-0.05, 0) is 25.0 Å². The summed E-state index contributed by atoms with van der Waals surface area (Å²) in [7, 11) is 1.82. The van der Waals surface area contributed by atoms with Gasteiger partial charge in [-0.25, -0.2) is 4.98 Å². The van der Waals surface area contributed by atoms with Gasteiger partial charge < -0.3 is 15.3 Å². The van der Waals surface area contributed by atoms with Crippen molar-refractivity contribution in [1.29, 1.82) is 0 Å². The van der Waals surface area contributed by atoms with Crippen LogP contribution in [0.15, 0.2) is 18.3 Å². The van der Waals surface area contributed by atoms with Gasteiger partial charge in [0.25, 0.3) is 0 Å². The summed E-state index contributed by atoms with van der Waals surface area (Å²) in [5.41, 5.74) is 0.766. The van der Waals surface area contributed by atoms with Gasteiger partial charge >= 0.3 is 0 Å². The average Bonchev–Trinajstić information content (AvgIpc) is 2.36. The summed E-state index contributed by atoms with van der Waals surface area (Å²) >= 11 is 0. The summed E-state index contributed by atoms with van der Waals surface area (Å²) in [5.74, 6) is 0.701. The molecule has 0 fully saturated rings. The van der Waals surface area contributed by atoms with Crippen LogP contribution in [-0.2, 0) is 4.79 Å². The molecule has 1 atom stereocenters. The van der Waals surface area contributed by atoms with Crippen LogP contribution in [0.5, 0.6) is 0 Å². The number of hydrogen-bond acceptors (Lipinski definition) is 4. The molecular formula is C13H21N3O2. The van der Waals surface area contributed by atoms with Crippen molar-refractivity contribution in [2.24, 2.45) is 0 Å². The van der Waals surface area contributed by atoms with Crippen molar-refractivity contribution in [2.45, 2.75) is 26.4 Å². The maximum atomic E-state index is 11.5. The van der Waals surface area contributed by atoms with Gasteiger partial charge in [0.15, 0.2) is 0 Å². The van der Waals surface area contributed by atoms with Crippen molar-refractivity contribution in [2.75, 3.05) is 25.0 Å². The largest absolute Gasteiger partial charge is 0.389 e. The predicted octanol–water partition coefficient (Wildman–Crippen LogP) is 1.10. The molecule has 0 bridgehead atoms. The number of hydrogen-bond donors (Lipinski definition) is 2.